The van der Waals surface area contributed by atoms with Crippen LogP contribution in [0.25, 0.3) is 5.69 Å². The highest BCUT2D eigenvalue weighted by molar-refractivity contribution is 7.98. The van der Waals surface area contributed by atoms with Crippen molar-refractivity contribution in [3.8, 4) is 5.69 Å². The number of thioether (sulfide) groups is 1. The molecule has 0 radical (unpaired) electrons. The number of alkyl halides is 3. The minimum Gasteiger partial charge on any atom is -0.345 e. The molecule has 0 aliphatic heterocycles. The Balaban J connectivity index is 1.55. The number of carbonyl (C=O) groups is 1. The van der Waals surface area contributed by atoms with Gasteiger partial charge in [0.2, 0.25) is 0 Å². The first-order valence-corrected chi connectivity index (χ1v) is 11.1. The highest BCUT2D eigenvalue weighted by Gasteiger charge is 2.30. The second-order valence-electron chi connectivity index (χ2n) is 7.25. The summed E-state index contributed by atoms with van der Waals surface area (Å²) in [6.45, 7) is 0.0152. The Morgan fingerprint density at radius 1 is 0.941 bits per heavy atom. The van der Waals surface area contributed by atoms with Crippen LogP contribution in [0.15, 0.2) is 84.0 Å². The summed E-state index contributed by atoms with van der Waals surface area (Å²) in [5, 5.41) is 11.5. The van der Waals surface area contributed by atoms with E-state index in [1.807, 2.05) is 30.3 Å². The molecule has 1 aromatic heterocycles. The SMILES string of the molecule is O=C(NCc1nnc(SCc2cccc(C(F)(F)F)c2)n1-c1ccccc1)c1cccc(F)c1. The van der Waals surface area contributed by atoms with Gasteiger partial charge in [-0.15, -0.1) is 10.2 Å². The molecule has 5 nitrogen and oxygen atoms in total. The van der Waals surface area contributed by atoms with Crippen molar-refractivity contribution in [1.82, 2.24) is 20.1 Å². The summed E-state index contributed by atoms with van der Waals surface area (Å²) in [7, 11) is 0. The fourth-order valence-electron chi connectivity index (χ4n) is 3.22. The lowest BCUT2D eigenvalue weighted by Gasteiger charge is -2.12. The molecule has 0 spiro atoms. The number of amides is 1. The van der Waals surface area contributed by atoms with Crippen molar-refractivity contribution in [3.63, 3.8) is 0 Å². The summed E-state index contributed by atoms with van der Waals surface area (Å²) in [4.78, 5) is 12.4. The molecule has 0 saturated heterocycles. The minimum atomic E-state index is -4.42. The lowest BCUT2D eigenvalue weighted by Crippen LogP contribution is -2.24. The maximum Gasteiger partial charge on any atom is 0.416 e. The van der Waals surface area contributed by atoms with E-state index in [2.05, 4.69) is 15.5 Å². The van der Waals surface area contributed by atoms with Gasteiger partial charge in [-0.2, -0.15) is 13.2 Å². The van der Waals surface area contributed by atoms with Crippen LogP contribution in [0.4, 0.5) is 17.6 Å². The third kappa shape index (κ3) is 5.63. The molecular weight excluding hydrogens is 468 g/mol. The lowest BCUT2D eigenvalue weighted by molar-refractivity contribution is -0.137. The Kier molecular flexibility index (Phi) is 6.97. The van der Waals surface area contributed by atoms with E-state index in [0.29, 0.717) is 16.5 Å². The predicted molar refractivity (Wildman–Crippen MR) is 120 cm³/mol. The zero-order valence-corrected chi connectivity index (χ0v) is 18.4. The van der Waals surface area contributed by atoms with Gasteiger partial charge in [0.05, 0.1) is 12.1 Å². The molecule has 4 rings (SSSR count). The summed E-state index contributed by atoms with van der Waals surface area (Å²) >= 11 is 1.23. The number of nitrogens with zero attached hydrogens (tertiary/aromatic N) is 3. The Morgan fingerprint density at radius 3 is 2.44 bits per heavy atom. The summed E-state index contributed by atoms with van der Waals surface area (Å²) in [5.41, 5.74) is 0.679. The second kappa shape index (κ2) is 10.1. The third-order valence-electron chi connectivity index (χ3n) is 4.83. The summed E-state index contributed by atoms with van der Waals surface area (Å²) < 4.78 is 54.2. The van der Waals surface area contributed by atoms with Crippen molar-refractivity contribution in [2.24, 2.45) is 0 Å². The number of halogens is 4. The van der Waals surface area contributed by atoms with E-state index in [1.165, 1.54) is 36.0 Å². The summed E-state index contributed by atoms with van der Waals surface area (Å²) in [5.74, 6) is -0.332. The molecule has 1 N–H and O–H groups in total. The average molecular weight is 486 g/mol. The normalized spacial score (nSPS) is 11.4. The number of aromatic nitrogens is 3. The molecule has 0 unspecified atom stereocenters. The lowest BCUT2D eigenvalue weighted by atomic mass is 10.1. The molecule has 4 aromatic rings. The fourth-order valence-corrected chi connectivity index (χ4v) is 4.13. The number of para-hydroxylation sites is 1. The number of hydrogen-bond acceptors (Lipinski definition) is 4. The summed E-state index contributed by atoms with van der Waals surface area (Å²) in [6, 6.07) is 19.6. The van der Waals surface area contributed by atoms with E-state index in [1.54, 1.807) is 10.6 Å². The van der Waals surface area contributed by atoms with Crippen molar-refractivity contribution in [3.05, 3.63) is 107 Å². The van der Waals surface area contributed by atoms with E-state index in [0.717, 1.165) is 23.9 Å². The first-order chi connectivity index (χ1) is 16.3. The molecule has 0 atom stereocenters. The maximum atomic E-state index is 13.4. The van der Waals surface area contributed by atoms with Crippen molar-refractivity contribution in [2.75, 3.05) is 0 Å². The molecule has 0 aliphatic rings. The molecule has 1 heterocycles. The number of carbonyl (C=O) groups excluding carboxylic acids is 1. The van der Waals surface area contributed by atoms with Crippen LogP contribution in [0.2, 0.25) is 0 Å². The van der Waals surface area contributed by atoms with Crippen molar-refractivity contribution in [2.45, 2.75) is 23.6 Å². The van der Waals surface area contributed by atoms with Crippen LogP contribution < -0.4 is 5.32 Å². The Morgan fingerprint density at radius 2 is 1.71 bits per heavy atom. The van der Waals surface area contributed by atoms with Gasteiger partial charge in [0.1, 0.15) is 5.82 Å². The van der Waals surface area contributed by atoms with Crippen LogP contribution in [-0.2, 0) is 18.5 Å². The largest absolute Gasteiger partial charge is 0.416 e. The second-order valence-corrected chi connectivity index (χ2v) is 8.19. The van der Waals surface area contributed by atoms with Crippen LogP contribution in [0, 0.1) is 5.82 Å². The predicted octanol–water partition coefficient (Wildman–Crippen LogP) is 5.65. The molecule has 10 heteroatoms. The molecule has 1 amide bonds. The van der Waals surface area contributed by atoms with Crippen molar-refractivity contribution < 1.29 is 22.4 Å². The summed E-state index contributed by atoms with van der Waals surface area (Å²) in [6.07, 6.45) is -4.42. The van der Waals surface area contributed by atoms with E-state index < -0.39 is 23.5 Å². The molecule has 3 aromatic carbocycles. The van der Waals surface area contributed by atoms with Gasteiger partial charge in [-0.05, 0) is 42.0 Å². The van der Waals surface area contributed by atoms with Crippen LogP contribution >= 0.6 is 11.8 Å². The molecule has 174 valence electrons. The maximum absolute atomic E-state index is 13.4. The van der Waals surface area contributed by atoms with Crippen LogP contribution in [0.1, 0.15) is 27.3 Å². The van der Waals surface area contributed by atoms with Gasteiger partial charge < -0.3 is 5.32 Å². The average Bonchev–Trinajstić information content (AvgIpc) is 3.24. The van der Waals surface area contributed by atoms with Gasteiger partial charge >= 0.3 is 6.18 Å². The van der Waals surface area contributed by atoms with Gasteiger partial charge in [0.25, 0.3) is 5.91 Å². The standard InChI is InChI=1S/C24H18F4N4OS/c25-19-9-5-7-17(13-19)22(33)29-14-21-30-31-23(32(21)20-10-2-1-3-11-20)34-15-16-6-4-8-18(12-16)24(26,27)28/h1-13H,14-15H2,(H,29,33). The molecule has 0 bridgehead atoms. The fraction of sp³-hybridized carbons (Fsp3) is 0.125. The zero-order valence-electron chi connectivity index (χ0n) is 17.6. The Bertz CT molecular complexity index is 1290. The minimum absolute atomic E-state index is 0.0152. The highest BCUT2D eigenvalue weighted by Crippen LogP contribution is 2.31. The molecular formula is C24H18F4N4OS. The van der Waals surface area contributed by atoms with Crippen LogP contribution in [0.3, 0.4) is 0 Å². The third-order valence-corrected chi connectivity index (χ3v) is 5.83. The van der Waals surface area contributed by atoms with E-state index in [4.69, 9.17) is 0 Å². The van der Waals surface area contributed by atoms with Crippen LogP contribution in [0.5, 0.6) is 0 Å². The van der Waals surface area contributed by atoms with E-state index in [-0.39, 0.29) is 17.9 Å². The van der Waals surface area contributed by atoms with Gasteiger partial charge in [-0.25, -0.2) is 4.39 Å². The highest BCUT2D eigenvalue weighted by atomic mass is 32.2. The number of hydrogen-bond donors (Lipinski definition) is 1. The van der Waals surface area contributed by atoms with E-state index >= 15 is 0 Å². The molecule has 34 heavy (non-hydrogen) atoms. The van der Waals surface area contributed by atoms with Crippen molar-refractivity contribution in [1.29, 1.82) is 0 Å². The van der Waals surface area contributed by atoms with Gasteiger partial charge in [0, 0.05) is 17.0 Å². The molecule has 0 fully saturated rings. The quantitative estimate of drug-likeness (QED) is 0.271. The molecule has 0 saturated carbocycles. The molecule has 0 aliphatic carbocycles. The Hall–Kier alpha value is -3.66. The first-order valence-electron chi connectivity index (χ1n) is 10.1. The smallest absolute Gasteiger partial charge is 0.345 e. The van der Waals surface area contributed by atoms with Crippen molar-refractivity contribution >= 4 is 17.7 Å². The van der Waals surface area contributed by atoms with E-state index in [9.17, 15) is 22.4 Å². The number of rotatable bonds is 7. The van der Waals surface area contributed by atoms with Gasteiger partial charge in [0.15, 0.2) is 11.0 Å². The zero-order chi connectivity index (χ0) is 24.1. The topological polar surface area (TPSA) is 59.8 Å². The Labute approximate surface area is 196 Å². The number of benzene rings is 3. The monoisotopic (exact) mass is 486 g/mol. The van der Waals surface area contributed by atoms with Crippen LogP contribution in [-0.4, -0.2) is 20.7 Å². The number of nitrogens with one attached hydrogen (secondary N) is 1. The van der Waals surface area contributed by atoms with Gasteiger partial charge in [-0.3, -0.25) is 9.36 Å². The van der Waals surface area contributed by atoms with Gasteiger partial charge in [-0.1, -0.05) is 54.2 Å². The first kappa shape index (κ1) is 23.5.